The maximum Gasteiger partial charge on any atom is 0.129 e. The molecule has 2 rings (SSSR count). The van der Waals surface area contributed by atoms with Crippen molar-refractivity contribution in [3.8, 4) is 0 Å². The number of nitrogens with zero attached hydrogens (tertiary/aromatic N) is 2. The summed E-state index contributed by atoms with van der Waals surface area (Å²) in [5.74, 6) is 1.59. The van der Waals surface area contributed by atoms with Crippen LogP contribution in [-0.2, 0) is 5.88 Å². The van der Waals surface area contributed by atoms with Crippen molar-refractivity contribution < 1.29 is 0 Å². The number of pyridine rings is 1. The summed E-state index contributed by atoms with van der Waals surface area (Å²) in [6.07, 6.45) is 3.74. The number of halogens is 1. The third kappa shape index (κ3) is 2.17. The largest absolute Gasteiger partial charge is 0.351 e. The van der Waals surface area contributed by atoms with Crippen LogP contribution in [0.4, 0.5) is 5.82 Å². The van der Waals surface area contributed by atoms with Crippen LogP contribution in [0, 0.1) is 0 Å². The van der Waals surface area contributed by atoms with Gasteiger partial charge < -0.3 is 4.90 Å². The number of hydrogen-bond acceptors (Lipinski definition) is 2. The Balaban J connectivity index is 2.27. The van der Waals surface area contributed by atoms with Crippen molar-refractivity contribution >= 4 is 17.4 Å². The average molecular weight is 239 g/mol. The van der Waals surface area contributed by atoms with E-state index in [-0.39, 0.29) is 0 Å². The van der Waals surface area contributed by atoms with Crippen molar-refractivity contribution in [3.05, 3.63) is 23.9 Å². The fourth-order valence-electron chi connectivity index (χ4n) is 2.57. The highest BCUT2D eigenvalue weighted by Crippen LogP contribution is 2.30. The van der Waals surface area contributed by atoms with E-state index in [1.54, 1.807) is 0 Å². The Hall–Kier alpha value is -0.760. The van der Waals surface area contributed by atoms with Crippen LogP contribution in [-0.4, -0.2) is 17.1 Å². The van der Waals surface area contributed by atoms with Gasteiger partial charge >= 0.3 is 0 Å². The molecule has 0 bridgehead atoms. The summed E-state index contributed by atoms with van der Waals surface area (Å²) in [5.41, 5.74) is 0.966. The smallest absolute Gasteiger partial charge is 0.129 e. The van der Waals surface area contributed by atoms with Crippen molar-refractivity contribution in [3.63, 3.8) is 0 Å². The molecule has 16 heavy (non-hydrogen) atoms. The van der Waals surface area contributed by atoms with E-state index in [2.05, 4.69) is 35.9 Å². The topological polar surface area (TPSA) is 16.1 Å². The molecule has 2 atom stereocenters. The van der Waals surface area contributed by atoms with E-state index in [0.717, 1.165) is 11.5 Å². The van der Waals surface area contributed by atoms with E-state index in [0.29, 0.717) is 18.0 Å². The predicted molar refractivity (Wildman–Crippen MR) is 69.0 cm³/mol. The molecule has 1 aliphatic rings. The molecule has 1 aliphatic heterocycles. The van der Waals surface area contributed by atoms with Crippen molar-refractivity contribution in [1.82, 2.24) is 4.98 Å². The van der Waals surface area contributed by atoms with E-state index >= 15 is 0 Å². The summed E-state index contributed by atoms with van der Waals surface area (Å²) in [5, 5.41) is 0. The van der Waals surface area contributed by atoms with Gasteiger partial charge in [-0.1, -0.05) is 13.0 Å². The quantitative estimate of drug-likeness (QED) is 0.749. The number of hydrogen-bond donors (Lipinski definition) is 0. The summed E-state index contributed by atoms with van der Waals surface area (Å²) in [6, 6.07) is 7.38. The van der Waals surface area contributed by atoms with Crippen LogP contribution in [0.15, 0.2) is 18.2 Å². The third-order valence-electron chi connectivity index (χ3n) is 3.45. The van der Waals surface area contributed by atoms with Gasteiger partial charge in [-0.3, -0.25) is 0 Å². The van der Waals surface area contributed by atoms with Crippen LogP contribution in [0.5, 0.6) is 0 Å². The first kappa shape index (κ1) is 11.7. The van der Waals surface area contributed by atoms with Crippen LogP contribution in [0.2, 0.25) is 0 Å². The Morgan fingerprint density at radius 1 is 1.44 bits per heavy atom. The molecule has 0 aromatic carbocycles. The van der Waals surface area contributed by atoms with Crippen molar-refractivity contribution in [2.45, 2.75) is 51.1 Å². The van der Waals surface area contributed by atoms with Crippen LogP contribution in [0.25, 0.3) is 0 Å². The lowest BCUT2D eigenvalue weighted by Crippen LogP contribution is -2.34. The number of aromatic nitrogens is 1. The maximum atomic E-state index is 5.83. The van der Waals surface area contributed by atoms with Gasteiger partial charge in [0.2, 0.25) is 0 Å². The SMILES string of the molecule is CCC1CCC(C)N1c1cccc(CCl)n1. The highest BCUT2D eigenvalue weighted by Gasteiger charge is 2.30. The van der Waals surface area contributed by atoms with Crippen LogP contribution in [0.1, 0.15) is 38.8 Å². The first-order valence-electron chi connectivity index (χ1n) is 6.06. The summed E-state index contributed by atoms with van der Waals surface area (Å²) >= 11 is 5.83. The van der Waals surface area contributed by atoms with Gasteiger partial charge in [0.1, 0.15) is 5.82 Å². The third-order valence-corrected chi connectivity index (χ3v) is 3.72. The first-order chi connectivity index (χ1) is 7.76. The lowest BCUT2D eigenvalue weighted by molar-refractivity contribution is 0.620. The van der Waals surface area contributed by atoms with Gasteiger partial charge in [0, 0.05) is 12.1 Å². The Bertz CT molecular complexity index is 354. The monoisotopic (exact) mass is 238 g/mol. The van der Waals surface area contributed by atoms with E-state index < -0.39 is 0 Å². The van der Waals surface area contributed by atoms with Gasteiger partial charge in [-0.15, -0.1) is 11.6 Å². The van der Waals surface area contributed by atoms with Gasteiger partial charge in [-0.25, -0.2) is 4.98 Å². The molecule has 0 spiro atoms. The van der Waals surface area contributed by atoms with Gasteiger partial charge in [-0.05, 0) is 38.3 Å². The summed E-state index contributed by atoms with van der Waals surface area (Å²) < 4.78 is 0. The molecule has 0 N–H and O–H groups in total. The zero-order valence-corrected chi connectivity index (χ0v) is 10.7. The first-order valence-corrected chi connectivity index (χ1v) is 6.60. The molecule has 0 amide bonds. The van der Waals surface area contributed by atoms with Gasteiger partial charge in [0.25, 0.3) is 0 Å². The highest BCUT2D eigenvalue weighted by molar-refractivity contribution is 6.16. The Labute approximate surface area is 103 Å². The minimum absolute atomic E-state index is 0.493. The van der Waals surface area contributed by atoms with Crippen molar-refractivity contribution in [2.75, 3.05) is 4.90 Å². The molecule has 0 aliphatic carbocycles. The predicted octanol–water partition coefficient (Wildman–Crippen LogP) is 3.59. The summed E-state index contributed by atoms with van der Waals surface area (Å²) in [7, 11) is 0. The van der Waals surface area contributed by atoms with Crippen LogP contribution >= 0.6 is 11.6 Å². The van der Waals surface area contributed by atoms with E-state index in [1.165, 1.54) is 19.3 Å². The molecule has 0 radical (unpaired) electrons. The van der Waals surface area contributed by atoms with Crippen LogP contribution < -0.4 is 4.90 Å². The molecule has 2 heterocycles. The van der Waals surface area contributed by atoms with Crippen molar-refractivity contribution in [1.29, 1.82) is 0 Å². The lowest BCUT2D eigenvalue weighted by Gasteiger charge is -2.29. The zero-order chi connectivity index (χ0) is 11.5. The molecule has 1 aromatic heterocycles. The molecule has 3 heteroatoms. The van der Waals surface area contributed by atoms with Crippen molar-refractivity contribution in [2.24, 2.45) is 0 Å². The second-order valence-electron chi connectivity index (χ2n) is 4.52. The zero-order valence-electron chi connectivity index (χ0n) is 9.99. The van der Waals surface area contributed by atoms with Gasteiger partial charge in [-0.2, -0.15) is 0 Å². The molecule has 1 fully saturated rings. The number of alkyl halides is 1. The maximum absolute atomic E-state index is 5.83. The summed E-state index contributed by atoms with van der Waals surface area (Å²) in [6.45, 7) is 4.53. The van der Waals surface area contributed by atoms with E-state index in [1.807, 2.05) is 6.07 Å². The molecule has 2 nitrogen and oxygen atoms in total. The number of rotatable bonds is 3. The Morgan fingerprint density at radius 3 is 2.94 bits per heavy atom. The van der Waals surface area contributed by atoms with Crippen LogP contribution in [0.3, 0.4) is 0 Å². The lowest BCUT2D eigenvalue weighted by atomic mass is 10.1. The molecular formula is C13H19ClN2. The molecular weight excluding hydrogens is 220 g/mol. The fraction of sp³-hybridized carbons (Fsp3) is 0.615. The normalized spacial score (nSPS) is 25.1. The van der Waals surface area contributed by atoms with Gasteiger partial charge in [0.05, 0.1) is 11.6 Å². The second kappa shape index (κ2) is 5.05. The second-order valence-corrected chi connectivity index (χ2v) is 4.78. The number of anilines is 1. The highest BCUT2D eigenvalue weighted by atomic mass is 35.5. The minimum Gasteiger partial charge on any atom is -0.351 e. The van der Waals surface area contributed by atoms with E-state index in [9.17, 15) is 0 Å². The molecule has 0 saturated carbocycles. The Kier molecular flexibility index (Phi) is 3.70. The Morgan fingerprint density at radius 2 is 2.25 bits per heavy atom. The molecule has 2 unspecified atom stereocenters. The standard InChI is InChI=1S/C13H19ClN2/c1-3-12-8-7-10(2)16(12)13-6-4-5-11(9-14)15-13/h4-6,10,12H,3,7-9H2,1-2H3. The fourth-order valence-corrected chi connectivity index (χ4v) is 2.72. The average Bonchev–Trinajstić information content (AvgIpc) is 2.70. The van der Waals surface area contributed by atoms with Gasteiger partial charge in [0.15, 0.2) is 0 Å². The molecule has 1 aromatic rings. The summed E-state index contributed by atoms with van der Waals surface area (Å²) in [4.78, 5) is 7.07. The van der Waals surface area contributed by atoms with E-state index in [4.69, 9.17) is 11.6 Å². The molecule has 88 valence electrons. The minimum atomic E-state index is 0.493. The molecule has 1 saturated heterocycles.